The van der Waals surface area contributed by atoms with Crippen molar-refractivity contribution in [3.63, 3.8) is 0 Å². The van der Waals surface area contributed by atoms with E-state index in [0.29, 0.717) is 42.3 Å². The highest BCUT2D eigenvalue weighted by Gasteiger charge is 2.25. The fourth-order valence-corrected chi connectivity index (χ4v) is 6.46. The molecule has 8 heteroatoms. The van der Waals surface area contributed by atoms with Gasteiger partial charge in [-0.25, -0.2) is 13.6 Å². The number of rotatable bonds is 13. The van der Waals surface area contributed by atoms with Crippen molar-refractivity contribution in [2.45, 2.75) is 64.6 Å². The van der Waals surface area contributed by atoms with Crippen molar-refractivity contribution in [2.75, 3.05) is 25.7 Å². The Morgan fingerprint density at radius 2 is 1.65 bits per heavy atom. The lowest BCUT2D eigenvalue weighted by Crippen LogP contribution is -2.42. The van der Waals surface area contributed by atoms with E-state index in [-0.39, 0.29) is 5.91 Å². The molecule has 230 valence electrons. The Hall–Kier alpha value is -3.23. The first kappa shape index (κ1) is 32.7. The zero-order valence-corrected chi connectivity index (χ0v) is 26.2. The lowest BCUT2D eigenvalue weighted by atomic mass is 9.88. The largest absolute Gasteiger partial charge is 0.467 e. The summed E-state index contributed by atoms with van der Waals surface area (Å²) in [6, 6.07) is 16.7. The topological polar surface area (TPSA) is 58.6 Å². The van der Waals surface area contributed by atoms with Crippen LogP contribution in [-0.2, 0) is 22.6 Å². The molecule has 1 atom stereocenters. The summed E-state index contributed by atoms with van der Waals surface area (Å²) in [5.41, 5.74) is 4.80. The van der Waals surface area contributed by atoms with Crippen LogP contribution in [0.3, 0.4) is 0 Å². The number of carbonyl (C=O) groups is 2. The Labute approximate surface area is 258 Å². The molecule has 0 radical (unpaired) electrons. The van der Waals surface area contributed by atoms with Crippen molar-refractivity contribution in [2.24, 2.45) is 5.92 Å². The van der Waals surface area contributed by atoms with Crippen LogP contribution in [0.15, 0.2) is 60.7 Å². The Bertz CT molecular complexity index is 1370. The van der Waals surface area contributed by atoms with Crippen LogP contribution < -0.4 is 5.32 Å². The minimum atomic E-state index is -0.744. The van der Waals surface area contributed by atoms with E-state index in [1.807, 2.05) is 55.6 Å². The quantitative estimate of drug-likeness (QED) is 0.203. The first-order chi connectivity index (χ1) is 20.8. The highest BCUT2D eigenvalue weighted by atomic mass is 32.2. The van der Waals surface area contributed by atoms with Gasteiger partial charge in [0.15, 0.2) is 0 Å². The van der Waals surface area contributed by atoms with Crippen LogP contribution in [0.4, 0.5) is 8.78 Å². The summed E-state index contributed by atoms with van der Waals surface area (Å²) in [5.74, 6) is -0.723. The molecule has 3 aromatic rings. The first-order valence-corrected chi connectivity index (χ1v) is 16.4. The van der Waals surface area contributed by atoms with Crippen molar-refractivity contribution in [3.05, 3.63) is 94.6 Å². The molecule has 0 bridgehead atoms. The lowest BCUT2D eigenvalue weighted by molar-refractivity contribution is -0.142. The second-order valence-electron chi connectivity index (χ2n) is 11.5. The van der Waals surface area contributed by atoms with E-state index in [2.05, 4.69) is 10.2 Å². The molecule has 1 fully saturated rings. The van der Waals surface area contributed by atoms with Gasteiger partial charge in [-0.1, -0.05) is 49.6 Å². The Morgan fingerprint density at radius 1 is 0.953 bits per heavy atom. The number of benzene rings is 3. The van der Waals surface area contributed by atoms with Crippen LogP contribution in [0.25, 0.3) is 11.1 Å². The second-order valence-corrected chi connectivity index (χ2v) is 12.5. The van der Waals surface area contributed by atoms with Crippen LogP contribution in [-0.4, -0.2) is 48.5 Å². The molecule has 0 heterocycles. The van der Waals surface area contributed by atoms with Crippen LogP contribution in [0.2, 0.25) is 0 Å². The number of aryl methyl sites for hydroxylation is 1. The van der Waals surface area contributed by atoms with Gasteiger partial charge in [0, 0.05) is 31.3 Å². The van der Waals surface area contributed by atoms with Gasteiger partial charge in [-0.15, -0.1) is 0 Å². The summed E-state index contributed by atoms with van der Waals surface area (Å²) in [6.45, 7) is 3.82. The van der Waals surface area contributed by atoms with Gasteiger partial charge in [0.2, 0.25) is 0 Å². The molecule has 0 saturated heterocycles. The predicted octanol–water partition coefficient (Wildman–Crippen LogP) is 7.55. The molecule has 0 aromatic heterocycles. The van der Waals surface area contributed by atoms with Crippen LogP contribution in [0, 0.1) is 24.5 Å². The standard InChI is InChI=1S/C35H42F2N2O3S/c1-24-9-7-8-12-30(24)32-19-26(13-14-31(32)34(40)38-33(15-16-43-3)35(41)42-2)22-39(21-25-10-5-4-6-11-25)23-27-17-28(36)20-29(37)18-27/h7-9,12-14,17-20,25,33H,4-6,10-11,15-16,21-23H2,1-3H3,(H,38,40). The fourth-order valence-electron chi connectivity index (χ4n) is 5.99. The Morgan fingerprint density at radius 3 is 2.33 bits per heavy atom. The summed E-state index contributed by atoms with van der Waals surface area (Å²) in [4.78, 5) is 28.3. The number of ether oxygens (including phenoxy) is 1. The molecule has 3 aromatic carbocycles. The minimum Gasteiger partial charge on any atom is -0.467 e. The molecule has 43 heavy (non-hydrogen) atoms. The lowest BCUT2D eigenvalue weighted by Gasteiger charge is -2.30. The smallest absolute Gasteiger partial charge is 0.328 e. The van der Waals surface area contributed by atoms with Gasteiger partial charge in [0.1, 0.15) is 17.7 Å². The Kier molecular flexibility index (Phi) is 12.2. The number of carbonyl (C=O) groups excluding carboxylic acids is 2. The molecule has 1 amide bonds. The van der Waals surface area contributed by atoms with Gasteiger partial charge >= 0.3 is 5.97 Å². The molecule has 1 aliphatic carbocycles. The molecule has 1 aliphatic rings. The van der Waals surface area contributed by atoms with Crippen molar-refractivity contribution in [3.8, 4) is 11.1 Å². The van der Waals surface area contributed by atoms with Gasteiger partial charge < -0.3 is 10.1 Å². The maximum Gasteiger partial charge on any atom is 0.328 e. The van der Waals surface area contributed by atoms with E-state index >= 15 is 0 Å². The summed E-state index contributed by atoms with van der Waals surface area (Å²) >= 11 is 1.60. The number of halogens is 2. The normalized spacial score (nSPS) is 14.5. The monoisotopic (exact) mass is 608 g/mol. The molecule has 1 N–H and O–H groups in total. The molecule has 1 unspecified atom stereocenters. The number of nitrogens with one attached hydrogen (secondary N) is 1. The van der Waals surface area contributed by atoms with E-state index in [1.54, 1.807) is 11.8 Å². The zero-order valence-electron chi connectivity index (χ0n) is 25.3. The fraction of sp³-hybridized carbons (Fsp3) is 0.429. The van der Waals surface area contributed by atoms with Gasteiger partial charge in [-0.05, 0) is 96.2 Å². The highest BCUT2D eigenvalue weighted by Crippen LogP contribution is 2.30. The number of hydrogen-bond acceptors (Lipinski definition) is 5. The van der Waals surface area contributed by atoms with Crippen molar-refractivity contribution in [1.82, 2.24) is 10.2 Å². The van der Waals surface area contributed by atoms with Gasteiger partial charge in [0.05, 0.1) is 7.11 Å². The molecule has 0 aliphatic heterocycles. The molecular weight excluding hydrogens is 566 g/mol. The van der Waals surface area contributed by atoms with Crippen molar-refractivity contribution < 1.29 is 23.1 Å². The van der Waals surface area contributed by atoms with Crippen molar-refractivity contribution in [1.29, 1.82) is 0 Å². The van der Waals surface area contributed by atoms with Gasteiger partial charge in [-0.3, -0.25) is 9.69 Å². The average molecular weight is 609 g/mol. The minimum absolute atomic E-state index is 0.337. The van der Waals surface area contributed by atoms with Gasteiger partial charge in [-0.2, -0.15) is 11.8 Å². The highest BCUT2D eigenvalue weighted by molar-refractivity contribution is 7.98. The van der Waals surface area contributed by atoms with E-state index in [0.717, 1.165) is 47.7 Å². The first-order valence-electron chi connectivity index (χ1n) is 15.0. The molecule has 5 nitrogen and oxygen atoms in total. The SMILES string of the molecule is COC(=O)C(CCSC)NC(=O)c1ccc(CN(Cc2cc(F)cc(F)c2)CC2CCCCC2)cc1-c1ccccc1C. The number of methoxy groups -OCH3 is 1. The third-order valence-electron chi connectivity index (χ3n) is 8.14. The molecule has 1 saturated carbocycles. The van der Waals surface area contributed by atoms with Crippen molar-refractivity contribution >= 4 is 23.6 Å². The number of nitrogens with zero attached hydrogens (tertiary/aromatic N) is 1. The van der Waals surface area contributed by atoms with Gasteiger partial charge in [0.25, 0.3) is 5.91 Å². The summed E-state index contributed by atoms with van der Waals surface area (Å²) < 4.78 is 33.1. The summed E-state index contributed by atoms with van der Waals surface area (Å²) in [5, 5.41) is 2.90. The van der Waals surface area contributed by atoms with Crippen LogP contribution in [0.5, 0.6) is 0 Å². The molecule has 4 rings (SSSR count). The maximum atomic E-state index is 14.1. The second kappa shape index (κ2) is 16.0. The summed E-state index contributed by atoms with van der Waals surface area (Å²) in [6.07, 6.45) is 8.39. The van der Waals surface area contributed by atoms with E-state index in [4.69, 9.17) is 4.74 Å². The number of thioether (sulfide) groups is 1. The maximum absolute atomic E-state index is 14.1. The number of amides is 1. The third kappa shape index (κ3) is 9.38. The van der Waals surface area contributed by atoms with Crippen LogP contribution in [0.1, 0.15) is 65.6 Å². The van der Waals surface area contributed by atoms with E-state index in [1.165, 1.54) is 38.5 Å². The summed E-state index contributed by atoms with van der Waals surface area (Å²) in [7, 11) is 1.32. The van der Waals surface area contributed by atoms with E-state index in [9.17, 15) is 18.4 Å². The molecular formula is C35H42F2N2O3S. The number of hydrogen-bond donors (Lipinski definition) is 1. The predicted molar refractivity (Wildman–Crippen MR) is 170 cm³/mol. The zero-order chi connectivity index (χ0) is 30.8. The van der Waals surface area contributed by atoms with E-state index < -0.39 is 23.6 Å². The van der Waals surface area contributed by atoms with Crippen LogP contribution >= 0.6 is 11.8 Å². The average Bonchev–Trinajstić information content (AvgIpc) is 2.99. The third-order valence-corrected chi connectivity index (χ3v) is 8.79. The Balaban J connectivity index is 1.66. The number of esters is 1. The molecule has 0 spiro atoms.